The summed E-state index contributed by atoms with van der Waals surface area (Å²) < 4.78 is 19.9. The molecular weight excluding hydrogens is 575 g/mol. The van der Waals surface area contributed by atoms with E-state index in [0.29, 0.717) is 56.6 Å². The zero-order valence-electron chi connectivity index (χ0n) is 25.9. The number of hydrogen-bond donors (Lipinski definition) is 3. The summed E-state index contributed by atoms with van der Waals surface area (Å²) in [6.07, 6.45) is 5.21. The van der Waals surface area contributed by atoms with Crippen molar-refractivity contribution in [2.24, 2.45) is 16.0 Å². The van der Waals surface area contributed by atoms with Crippen LogP contribution in [-0.4, -0.2) is 92.9 Å². The maximum Gasteiger partial charge on any atom is 0.255 e. The highest BCUT2D eigenvalue weighted by Crippen LogP contribution is 2.32. The molecule has 4 aliphatic heterocycles. The van der Waals surface area contributed by atoms with Crippen LogP contribution in [0.25, 0.3) is 0 Å². The van der Waals surface area contributed by atoms with E-state index in [0.717, 1.165) is 42.2 Å². The molecule has 0 aromatic heterocycles. The molecule has 45 heavy (non-hydrogen) atoms. The quantitative estimate of drug-likeness (QED) is 0.414. The number of ether oxygens (including phenoxy) is 1. The van der Waals surface area contributed by atoms with Crippen LogP contribution in [0, 0.1) is 18.7 Å². The Morgan fingerprint density at radius 1 is 1.02 bits per heavy atom. The minimum absolute atomic E-state index is 0.00373. The van der Waals surface area contributed by atoms with Gasteiger partial charge in [-0.3, -0.25) is 14.6 Å². The molecule has 0 spiro atoms. The smallest absolute Gasteiger partial charge is 0.255 e. The van der Waals surface area contributed by atoms with Gasteiger partial charge in [0.15, 0.2) is 5.84 Å². The van der Waals surface area contributed by atoms with E-state index in [-0.39, 0.29) is 17.4 Å². The molecule has 0 bridgehead atoms. The number of nitrogens with one attached hydrogen (secondary N) is 3. The van der Waals surface area contributed by atoms with Crippen LogP contribution in [-0.2, 0) is 9.53 Å². The van der Waals surface area contributed by atoms with Crippen LogP contribution in [0.15, 0.2) is 57.8 Å². The predicted molar refractivity (Wildman–Crippen MR) is 174 cm³/mol. The van der Waals surface area contributed by atoms with E-state index in [1.54, 1.807) is 12.1 Å². The largest absolute Gasteiger partial charge is 0.378 e. The predicted octanol–water partition coefficient (Wildman–Crippen LogP) is 3.80. The normalized spacial score (nSPS) is 20.2. The lowest BCUT2D eigenvalue weighted by Gasteiger charge is -2.29. The van der Waals surface area contributed by atoms with Gasteiger partial charge >= 0.3 is 0 Å². The van der Waals surface area contributed by atoms with Crippen molar-refractivity contribution >= 4 is 41.1 Å². The number of carbonyl (C=O) groups is 2. The minimum Gasteiger partial charge on any atom is -0.378 e. The summed E-state index contributed by atoms with van der Waals surface area (Å²) in [6, 6.07) is 9.92. The zero-order valence-corrected chi connectivity index (χ0v) is 25.9. The summed E-state index contributed by atoms with van der Waals surface area (Å²) in [4.78, 5) is 35.3. The molecule has 4 aliphatic rings. The fraction of sp³-hybridized carbons (Fsp3) is 0.455. The minimum atomic E-state index is -0.467. The van der Waals surface area contributed by atoms with Crippen LogP contribution in [0.4, 0.5) is 21.5 Å². The lowest BCUT2D eigenvalue weighted by atomic mass is 10.0. The first-order chi connectivity index (χ1) is 21.9. The Balaban J connectivity index is 1.12. The molecule has 2 aromatic carbocycles. The van der Waals surface area contributed by atoms with Gasteiger partial charge in [0.25, 0.3) is 5.91 Å². The van der Waals surface area contributed by atoms with Crippen molar-refractivity contribution in [3.63, 3.8) is 0 Å². The monoisotopic (exact) mass is 616 g/mol. The Bertz CT molecular complexity index is 1530. The van der Waals surface area contributed by atoms with Crippen LogP contribution in [0.3, 0.4) is 0 Å². The van der Waals surface area contributed by atoms with Crippen molar-refractivity contribution in [3.05, 3.63) is 64.6 Å². The number of halogens is 1. The number of anilines is 3. The van der Waals surface area contributed by atoms with Gasteiger partial charge in [0.05, 0.1) is 25.7 Å². The van der Waals surface area contributed by atoms with Gasteiger partial charge in [0.2, 0.25) is 5.91 Å². The summed E-state index contributed by atoms with van der Waals surface area (Å²) in [5.41, 5.74) is 4.80. The molecule has 4 heterocycles. The number of nitrogens with zero attached hydrogens (tertiary/aromatic N) is 5. The first-order valence-electron chi connectivity index (χ1n) is 15.8. The van der Waals surface area contributed by atoms with Crippen molar-refractivity contribution in [2.45, 2.75) is 33.1 Å². The van der Waals surface area contributed by atoms with E-state index in [4.69, 9.17) is 4.74 Å². The summed E-state index contributed by atoms with van der Waals surface area (Å²) in [5, 5.41) is 15.7. The van der Waals surface area contributed by atoms with Crippen LogP contribution in [0.2, 0.25) is 0 Å². The second kappa shape index (κ2) is 13.8. The van der Waals surface area contributed by atoms with Gasteiger partial charge in [0.1, 0.15) is 17.9 Å². The lowest BCUT2D eigenvalue weighted by Crippen LogP contribution is -2.40. The topological polar surface area (TPSA) is 114 Å². The summed E-state index contributed by atoms with van der Waals surface area (Å²) >= 11 is 0. The van der Waals surface area contributed by atoms with Crippen molar-refractivity contribution in [1.82, 2.24) is 15.2 Å². The number of amides is 2. The number of hydrazone groups is 1. The molecule has 238 valence electrons. The van der Waals surface area contributed by atoms with Gasteiger partial charge in [-0.2, -0.15) is 5.10 Å². The molecular formula is C33H41FN8O3. The number of aryl methyl sites for hydroxylation is 1. The third-order valence-corrected chi connectivity index (χ3v) is 8.87. The molecule has 0 saturated carbocycles. The number of hydrogen-bond acceptors (Lipinski definition) is 9. The summed E-state index contributed by atoms with van der Waals surface area (Å²) in [5.74, 6) is -0.625. The number of likely N-dealkylation sites (tertiary alicyclic amines) is 1. The van der Waals surface area contributed by atoms with Gasteiger partial charge in [-0.1, -0.05) is 12.5 Å². The number of morpholine rings is 1. The third kappa shape index (κ3) is 7.18. The molecule has 3 N–H and O–H groups in total. The number of piperidine rings is 1. The summed E-state index contributed by atoms with van der Waals surface area (Å²) in [7, 11) is 0. The molecule has 12 heteroatoms. The second-order valence-corrected chi connectivity index (χ2v) is 12.0. The summed E-state index contributed by atoms with van der Waals surface area (Å²) in [6.45, 7) is 10.5. The Hall–Kier alpha value is -4.29. The Morgan fingerprint density at radius 3 is 2.62 bits per heavy atom. The highest BCUT2D eigenvalue weighted by Gasteiger charge is 2.37. The van der Waals surface area contributed by atoms with Crippen LogP contribution >= 0.6 is 0 Å². The average Bonchev–Trinajstić information content (AvgIpc) is 3.40. The molecule has 2 amide bonds. The molecule has 11 nitrogen and oxygen atoms in total. The van der Waals surface area contributed by atoms with E-state index in [1.807, 2.05) is 35.9 Å². The molecule has 6 rings (SSSR count). The van der Waals surface area contributed by atoms with E-state index >= 15 is 0 Å². The van der Waals surface area contributed by atoms with Gasteiger partial charge in [-0.25, -0.2) is 9.38 Å². The number of fused-ring (bicyclic) bond motifs is 1. The Morgan fingerprint density at radius 2 is 1.82 bits per heavy atom. The molecule has 0 aliphatic carbocycles. The molecule has 2 aromatic rings. The van der Waals surface area contributed by atoms with Crippen LogP contribution < -0.4 is 20.9 Å². The highest BCUT2D eigenvalue weighted by molar-refractivity contribution is 6.13. The van der Waals surface area contributed by atoms with Gasteiger partial charge < -0.3 is 30.5 Å². The average molecular weight is 617 g/mol. The number of aliphatic imine (C=N–C) groups is 1. The zero-order chi connectivity index (χ0) is 31.3. The Kier molecular flexibility index (Phi) is 9.41. The van der Waals surface area contributed by atoms with E-state index in [9.17, 15) is 14.0 Å². The fourth-order valence-corrected chi connectivity index (χ4v) is 6.28. The second-order valence-electron chi connectivity index (χ2n) is 12.0. The number of rotatable bonds is 8. The van der Waals surface area contributed by atoms with E-state index < -0.39 is 11.7 Å². The first-order valence-corrected chi connectivity index (χ1v) is 15.8. The molecule has 2 saturated heterocycles. The lowest BCUT2D eigenvalue weighted by molar-refractivity contribution is -0.123. The van der Waals surface area contributed by atoms with Crippen LogP contribution in [0.5, 0.6) is 0 Å². The van der Waals surface area contributed by atoms with Crippen LogP contribution in [0.1, 0.15) is 42.1 Å². The van der Waals surface area contributed by atoms with E-state index in [2.05, 4.69) is 30.9 Å². The SMILES string of the molecule is CC1=C2C(Nc3cc(NC(=O)c4cc(F)cc(N5CCOCC5)c4)ccc3C)=NC=NN2CC1C(=O)NCCN1CCCCC1. The van der Waals surface area contributed by atoms with Crippen molar-refractivity contribution < 1.29 is 18.7 Å². The molecule has 1 atom stereocenters. The van der Waals surface area contributed by atoms with Gasteiger partial charge in [0, 0.05) is 48.8 Å². The van der Waals surface area contributed by atoms with E-state index in [1.165, 1.54) is 37.7 Å². The Labute approximate surface area is 263 Å². The fourth-order valence-electron chi connectivity index (χ4n) is 6.28. The highest BCUT2D eigenvalue weighted by atomic mass is 19.1. The molecule has 0 radical (unpaired) electrons. The number of benzene rings is 2. The molecule has 2 fully saturated rings. The van der Waals surface area contributed by atoms with Gasteiger partial charge in [-0.05, 0) is 81.2 Å². The number of amidine groups is 1. The standard InChI is InChI=1S/C33H41FN8O3/c1-22-6-7-26(38-32(43)24-16-25(34)18-27(17-24)41-12-14-45-15-13-41)19-29(22)39-31-30-23(2)28(20-42(30)37-21-36-31)33(44)35-8-11-40-9-4-3-5-10-40/h6-7,16-19,21,28H,3-5,8-15,20H2,1-2H3,(H,35,44)(H,38,43)(H,36,37,39). The molecule has 1 unspecified atom stereocenters. The maximum absolute atomic E-state index is 14.5. The number of carbonyl (C=O) groups excluding carboxylic acids is 2. The van der Waals surface area contributed by atoms with Crippen molar-refractivity contribution in [2.75, 3.05) is 74.6 Å². The maximum atomic E-state index is 14.5. The third-order valence-electron chi connectivity index (χ3n) is 8.87. The first kappa shape index (κ1) is 30.7. The van der Waals surface area contributed by atoms with Crippen molar-refractivity contribution in [1.29, 1.82) is 0 Å². The van der Waals surface area contributed by atoms with Crippen molar-refractivity contribution in [3.8, 4) is 0 Å². The van der Waals surface area contributed by atoms with Gasteiger partial charge in [-0.15, -0.1) is 0 Å².